The van der Waals surface area contributed by atoms with E-state index in [9.17, 15) is 0 Å². The minimum Gasteiger partial charge on any atom is -0.396 e. The van der Waals surface area contributed by atoms with E-state index in [1.165, 1.54) is 4.88 Å². The van der Waals surface area contributed by atoms with Gasteiger partial charge in [-0.25, -0.2) is 9.97 Å². The molecule has 0 atom stereocenters. The van der Waals surface area contributed by atoms with E-state index in [2.05, 4.69) is 14.5 Å². The second kappa shape index (κ2) is 5.41. The summed E-state index contributed by atoms with van der Waals surface area (Å²) in [6.07, 6.45) is 2.36. The predicted octanol–water partition coefficient (Wildman–Crippen LogP) is 0.608. The number of rotatable bonds is 4. The summed E-state index contributed by atoms with van der Waals surface area (Å²) < 4.78 is 2.09. The fourth-order valence-corrected chi connectivity index (χ4v) is 2.75. The molecule has 0 fully saturated rings. The summed E-state index contributed by atoms with van der Waals surface area (Å²) in [6, 6.07) is 0. The van der Waals surface area contributed by atoms with Gasteiger partial charge < -0.3 is 10.8 Å². The first-order valence-corrected chi connectivity index (χ1v) is 6.65. The van der Waals surface area contributed by atoms with Crippen molar-refractivity contribution in [2.45, 2.75) is 26.8 Å². The number of aromatic nitrogens is 3. The summed E-state index contributed by atoms with van der Waals surface area (Å²) in [7, 11) is 0. The monoisotopic (exact) mass is 265 g/mol. The van der Waals surface area contributed by atoms with Gasteiger partial charge in [-0.05, 0) is 6.92 Å². The molecule has 0 saturated carbocycles. The van der Waals surface area contributed by atoms with E-state index in [0.717, 1.165) is 17.1 Å². The SMILES string of the molecule is Cc1cnc(N)c(C[n+]2csc(CCO)c2C)n1. The van der Waals surface area contributed by atoms with Gasteiger partial charge in [0, 0.05) is 20.0 Å². The highest BCUT2D eigenvalue weighted by Crippen LogP contribution is 2.13. The van der Waals surface area contributed by atoms with Crippen molar-refractivity contribution in [3.8, 4) is 0 Å². The van der Waals surface area contributed by atoms with E-state index in [4.69, 9.17) is 10.8 Å². The van der Waals surface area contributed by atoms with E-state index >= 15 is 0 Å². The third-order valence-corrected chi connectivity index (χ3v) is 3.96. The molecule has 6 heteroatoms. The zero-order valence-corrected chi connectivity index (χ0v) is 11.4. The number of hydrogen-bond acceptors (Lipinski definition) is 5. The molecule has 3 N–H and O–H groups in total. The van der Waals surface area contributed by atoms with Gasteiger partial charge in [0.1, 0.15) is 5.69 Å². The van der Waals surface area contributed by atoms with E-state index < -0.39 is 0 Å². The number of anilines is 1. The summed E-state index contributed by atoms with van der Waals surface area (Å²) in [5, 5.41) is 8.98. The van der Waals surface area contributed by atoms with Crippen LogP contribution in [0.3, 0.4) is 0 Å². The third-order valence-electron chi connectivity index (χ3n) is 2.81. The molecule has 18 heavy (non-hydrogen) atoms. The number of thiazole rings is 1. The molecule has 96 valence electrons. The van der Waals surface area contributed by atoms with Crippen LogP contribution >= 0.6 is 11.3 Å². The number of nitrogens with zero attached hydrogens (tertiary/aromatic N) is 3. The Bertz CT molecular complexity index is 553. The van der Waals surface area contributed by atoms with Gasteiger partial charge in [0.25, 0.3) is 0 Å². The minimum atomic E-state index is 0.174. The number of nitrogen functional groups attached to an aromatic ring is 1. The van der Waals surface area contributed by atoms with E-state index in [0.29, 0.717) is 18.8 Å². The maximum atomic E-state index is 8.98. The van der Waals surface area contributed by atoms with Gasteiger partial charge in [0.2, 0.25) is 5.51 Å². The molecule has 0 aliphatic carbocycles. The van der Waals surface area contributed by atoms with Crippen molar-refractivity contribution in [3.05, 3.63) is 33.7 Å². The molecule has 0 radical (unpaired) electrons. The standard InChI is InChI=1S/C12H17N4OS/c1-8-5-14-12(13)10(15-8)6-16-7-18-11(3-4-17)9(16)2/h5,7,17H,3-4,6H2,1-2H3,(H2,13,14)/q+1. The van der Waals surface area contributed by atoms with Crippen molar-refractivity contribution in [2.24, 2.45) is 0 Å². The highest BCUT2D eigenvalue weighted by atomic mass is 32.1. The summed E-state index contributed by atoms with van der Waals surface area (Å²) in [4.78, 5) is 9.72. The highest BCUT2D eigenvalue weighted by molar-refractivity contribution is 7.09. The first-order chi connectivity index (χ1) is 8.61. The predicted molar refractivity (Wildman–Crippen MR) is 70.3 cm³/mol. The molecule has 2 rings (SSSR count). The molecule has 0 aromatic carbocycles. The van der Waals surface area contributed by atoms with Crippen molar-refractivity contribution >= 4 is 17.2 Å². The summed E-state index contributed by atoms with van der Waals surface area (Å²) in [6.45, 7) is 4.74. The number of hydrogen-bond donors (Lipinski definition) is 2. The van der Waals surface area contributed by atoms with Crippen LogP contribution in [0.15, 0.2) is 11.7 Å². The lowest BCUT2D eigenvalue weighted by Gasteiger charge is -2.01. The molecule has 2 aromatic rings. The average Bonchev–Trinajstić information content (AvgIpc) is 2.67. The number of nitrogens with two attached hydrogens (primary N) is 1. The van der Waals surface area contributed by atoms with Gasteiger partial charge in [-0.2, -0.15) is 4.57 Å². The van der Waals surface area contributed by atoms with Crippen molar-refractivity contribution in [3.63, 3.8) is 0 Å². The minimum absolute atomic E-state index is 0.174. The quantitative estimate of drug-likeness (QED) is 0.794. The molecular weight excluding hydrogens is 248 g/mol. The van der Waals surface area contributed by atoms with Crippen molar-refractivity contribution in [1.29, 1.82) is 0 Å². The zero-order chi connectivity index (χ0) is 13.1. The van der Waals surface area contributed by atoms with Gasteiger partial charge in [-0.1, -0.05) is 11.3 Å². The Labute approximate surface area is 110 Å². The summed E-state index contributed by atoms with van der Waals surface area (Å²) in [5.41, 5.74) is 10.7. The maximum Gasteiger partial charge on any atom is 0.225 e. The van der Waals surface area contributed by atoms with Crippen LogP contribution in [0.2, 0.25) is 0 Å². The first kappa shape index (κ1) is 12.9. The summed E-state index contributed by atoms with van der Waals surface area (Å²) in [5.74, 6) is 0.474. The van der Waals surface area contributed by atoms with E-state index in [1.54, 1.807) is 17.5 Å². The van der Waals surface area contributed by atoms with Crippen LogP contribution in [-0.4, -0.2) is 21.7 Å². The molecule has 2 aromatic heterocycles. The zero-order valence-electron chi connectivity index (χ0n) is 10.6. The lowest BCUT2D eigenvalue weighted by Crippen LogP contribution is -2.36. The molecule has 0 aliphatic heterocycles. The van der Waals surface area contributed by atoms with E-state index in [-0.39, 0.29) is 6.61 Å². The Morgan fingerprint density at radius 3 is 2.94 bits per heavy atom. The second-order valence-corrected chi connectivity index (χ2v) is 5.12. The maximum absolute atomic E-state index is 8.98. The normalized spacial score (nSPS) is 10.8. The van der Waals surface area contributed by atoms with Crippen LogP contribution in [0.1, 0.15) is 22.0 Å². The smallest absolute Gasteiger partial charge is 0.225 e. The summed E-state index contributed by atoms with van der Waals surface area (Å²) >= 11 is 1.64. The second-order valence-electron chi connectivity index (χ2n) is 4.18. The van der Waals surface area contributed by atoms with E-state index in [1.807, 2.05) is 19.4 Å². The lowest BCUT2D eigenvalue weighted by molar-refractivity contribution is -0.690. The van der Waals surface area contributed by atoms with Crippen LogP contribution < -0.4 is 10.3 Å². The number of aliphatic hydroxyl groups excluding tert-OH is 1. The average molecular weight is 265 g/mol. The van der Waals surface area contributed by atoms with Gasteiger partial charge >= 0.3 is 0 Å². The molecule has 5 nitrogen and oxygen atoms in total. The number of aryl methyl sites for hydroxylation is 1. The lowest BCUT2D eigenvalue weighted by atomic mass is 10.3. The van der Waals surface area contributed by atoms with Crippen molar-refractivity contribution < 1.29 is 9.67 Å². The van der Waals surface area contributed by atoms with Crippen LogP contribution in [-0.2, 0) is 13.0 Å². The Kier molecular flexibility index (Phi) is 3.88. The van der Waals surface area contributed by atoms with Crippen LogP contribution in [0, 0.1) is 13.8 Å². The molecule has 0 spiro atoms. The molecule has 0 bridgehead atoms. The highest BCUT2D eigenvalue weighted by Gasteiger charge is 2.17. The van der Waals surface area contributed by atoms with Crippen LogP contribution in [0.4, 0.5) is 5.82 Å². The van der Waals surface area contributed by atoms with Gasteiger partial charge in [0.05, 0.1) is 16.8 Å². The number of aliphatic hydroxyl groups is 1. The Hall–Kier alpha value is -1.53. The molecule has 0 saturated heterocycles. The molecule has 0 unspecified atom stereocenters. The molecule has 2 heterocycles. The first-order valence-electron chi connectivity index (χ1n) is 5.77. The van der Waals surface area contributed by atoms with Gasteiger partial charge in [-0.15, -0.1) is 0 Å². The topological polar surface area (TPSA) is 75.9 Å². The Balaban J connectivity index is 2.26. The van der Waals surface area contributed by atoms with Crippen LogP contribution in [0.25, 0.3) is 0 Å². The third kappa shape index (κ3) is 2.65. The fraction of sp³-hybridized carbons (Fsp3) is 0.417. The van der Waals surface area contributed by atoms with Gasteiger partial charge in [-0.3, -0.25) is 0 Å². The van der Waals surface area contributed by atoms with Crippen molar-refractivity contribution in [2.75, 3.05) is 12.3 Å². The van der Waals surface area contributed by atoms with Crippen LogP contribution in [0.5, 0.6) is 0 Å². The molecule has 0 aliphatic rings. The van der Waals surface area contributed by atoms with Crippen molar-refractivity contribution in [1.82, 2.24) is 9.97 Å². The molecule has 0 amide bonds. The fourth-order valence-electron chi connectivity index (χ4n) is 1.76. The van der Waals surface area contributed by atoms with Gasteiger partial charge in [0.15, 0.2) is 18.1 Å². The Morgan fingerprint density at radius 2 is 2.22 bits per heavy atom. The molecular formula is C12H17N4OS+. The largest absolute Gasteiger partial charge is 0.396 e. The Morgan fingerprint density at radius 1 is 1.44 bits per heavy atom.